The molecular weight excluding hydrogens is 160 g/mol. The average Bonchev–Trinajstić information content (AvgIpc) is 2.50. The molecule has 0 fully saturated rings. The zero-order valence-corrected chi connectivity index (χ0v) is 6.97. The van der Waals surface area contributed by atoms with Crippen molar-refractivity contribution in [3.05, 3.63) is 17.3 Å². The fraction of sp³-hybridized carbons (Fsp3) is 0.286. The van der Waals surface area contributed by atoms with Crippen LogP contribution in [0.2, 0.25) is 0 Å². The second-order valence-corrected chi connectivity index (χ2v) is 3.02. The highest BCUT2D eigenvalue weighted by Crippen LogP contribution is 2.28. The van der Waals surface area contributed by atoms with Gasteiger partial charge < -0.3 is 0 Å². The number of fused-ring (bicyclic) bond motifs is 1. The Labute approximate surface area is 68.9 Å². The first-order valence-corrected chi connectivity index (χ1v) is 4.21. The molecule has 0 bridgehead atoms. The largest absolute Gasteiger partial charge is 0.276 e. The van der Waals surface area contributed by atoms with E-state index in [0.29, 0.717) is 0 Å². The fourth-order valence-corrected chi connectivity index (χ4v) is 1.82. The first-order chi connectivity index (χ1) is 5.42. The Morgan fingerprint density at radius 3 is 3.45 bits per heavy atom. The van der Waals surface area contributed by atoms with Crippen LogP contribution in [0.1, 0.15) is 5.69 Å². The van der Waals surface area contributed by atoms with Gasteiger partial charge in [-0.25, -0.2) is 10.0 Å². The number of aromatic nitrogens is 1. The van der Waals surface area contributed by atoms with Gasteiger partial charge in [0.1, 0.15) is 5.00 Å². The minimum atomic E-state index is 0.811. The van der Waals surface area contributed by atoms with Gasteiger partial charge in [-0.15, -0.1) is 11.3 Å². The van der Waals surface area contributed by atoms with Crippen LogP contribution >= 0.6 is 11.3 Å². The lowest BCUT2D eigenvalue weighted by Crippen LogP contribution is -2.23. The summed E-state index contributed by atoms with van der Waals surface area (Å²) in [5.74, 6) is 0. The van der Waals surface area contributed by atoms with Crippen molar-refractivity contribution in [3.8, 4) is 0 Å². The van der Waals surface area contributed by atoms with E-state index < -0.39 is 0 Å². The molecule has 1 aromatic rings. The third-order valence-corrected chi connectivity index (χ3v) is 2.42. The lowest BCUT2D eigenvalue weighted by molar-refractivity contribution is 0.176. The normalized spacial score (nSPS) is 15.2. The number of nitrogens with zero attached hydrogens (tertiary/aromatic N) is 2. The van der Waals surface area contributed by atoms with E-state index in [2.05, 4.69) is 4.98 Å². The topological polar surface area (TPSA) is 25.4 Å². The van der Waals surface area contributed by atoms with Gasteiger partial charge in [0.2, 0.25) is 0 Å². The van der Waals surface area contributed by atoms with Crippen molar-refractivity contribution in [1.29, 1.82) is 0 Å². The smallest absolute Gasteiger partial charge is 0.144 e. The first kappa shape index (κ1) is 6.82. The summed E-state index contributed by atoms with van der Waals surface area (Å²) in [5, 5.41) is 2.92. The summed E-state index contributed by atoms with van der Waals surface area (Å²) in [6.07, 6.45) is 4.05. The quantitative estimate of drug-likeness (QED) is 0.636. The lowest BCUT2D eigenvalue weighted by Gasteiger charge is -2.20. The molecule has 3 nitrogen and oxygen atoms in total. The van der Waals surface area contributed by atoms with Gasteiger partial charge in [-0.3, -0.25) is 4.84 Å². The molecular formula is C7H8N2OS. The first-order valence-electron chi connectivity index (χ1n) is 3.33. The standard InChI is InChI=1S/C7H8N2OS/c1-10-9-4-2-3-6-7(9)11-5-8-6/h2-3,5H,4H2,1H3. The van der Waals surface area contributed by atoms with Crippen LogP contribution in [0, 0.1) is 0 Å². The molecule has 1 aromatic heterocycles. The molecule has 4 heteroatoms. The molecule has 1 aliphatic rings. The highest BCUT2D eigenvalue weighted by Gasteiger charge is 2.14. The van der Waals surface area contributed by atoms with Crippen molar-refractivity contribution in [2.45, 2.75) is 0 Å². The summed E-state index contributed by atoms with van der Waals surface area (Å²) in [6, 6.07) is 0. The number of hydrogen-bond acceptors (Lipinski definition) is 4. The molecule has 0 spiro atoms. The molecule has 58 valence electrons. The molecule has 2 rings (SSSR count). The Balaban J connectivity index is 2.41. The Kier molecular flexibility index (Phi) is 1.63. The van der Waals surface area contributed by atoms with Crippen LogP contribution < -0.4 is 5.06 Å². The third-order valence-electron chi connectivity index (χ3n) is 1.57. The second kappa shape index (κ2) is 2.64. The number of thiazole rings is 1. The lowest BCUT2D eigenvalue weighted by atomic mass is 10.3. The van der Waals surface area contributed by atoms with Gasteiger partial charge in [0.25, 0.3) is 0 Å². The third kappa shape index (κ3) is 1.04. The maximum Gasteiger partial charge on any atom is 0.144 e. The molecule has 0 unspecified atom stereocenters. The van der Waals surface area contributed by atoms with Crippen LogP contribution in [0.4, 0.5) is 5.00 Å². The summed E-state index contributed by atoms with van der Waals surface area (Å²) in [4.78, 5) is 9.29. The Hall–Kier alpha value is -0.870. The Morgan fingerprint density at radius 1 is 1.73 bits per heavy atom. The van der Waals surface area contributed by atoms with Crippen LogP contribution in [0.3, 0.4) is 0 Å². The van der Waals surface area contributed by atoms with Gasteiger partial charge in [0, 0.05) is 0 Å². The Morgan fingerprint density at radius 2 is 2.64 bits per heavy atom. The summed E-state index contributed by atoms with van der Waals surface area (Å²) in [6.45, 7) is 0.811. The highest BCUT2D eigenvalue weighted by molar-refractivity contribution is 7.14. The van der Waals surface area contributed by atoms with Crippen LogP contribution in [0.5, 0.6) is 0 Å². The van der Waals surface area contributed by atoms with E-state index >= 15 is 0 Å². The molecule has 2 heterocycles. The van der Waals surface area contributed by atoms with E-state index in [9.17, 15) is 0 Å². The van der Waals surface area contributed by atoms with Crippen molar-refractivity contribution >= 4 is 22.4 Å². The second-order valence-electron chi connectivity index (χ2n) is 2.19. The zero-order valence-electron chi connectivity index (χ0n) is 6.15. The highest BCUT2D eigenvalue weighted by atomic mass is 32.1. The maximum absolute atomic E-state index is 5.13. The molecule has 0 aromatic carbocycles. The monoisotopic (exact) mass is 168 g/mol. The fourth-order valence-electron chi connectivity index (χ4n) is 1.05. The predicted octanol–water partition coefficient (Wildman–Crippen LogP) is 1.54. The van der Waals surface area contributed by atoms with Crippen molar-refractivity contribution in [2.75, 3.05) is 18.7 Å². The van der Waals surface area contributed by atoms with Gasteiger partial charge in [-0.2, -0.15) is 0 Å². The average molecular weight is 168 g/mol. The van der Waals surface area contributed by atoms with Crippen LogP contribution in [-0.2, 0) is 4.84 Å². The van der Waals surface area contributed by atoms with Gasteiger partial charge >= 0.3 is 0 Å². The zero-order chi connectivity index (χ0) is 7.68. The predicted molar refractivity (Wildman–Crippen MR) is 45.5 cm³/mol. The number of rotatable bonds is 1. The molecule has 0 atom stereocenters. The van der Waals surface area contributed by atoms with Crippen molar-refractivity contribution < 1.29 is 4.84 Å². The SMILES string of the molecule is CON1CC=Cc2ncsc21. The van der Waals surface area contributed by atoms with E-state index in [-0.39, 0.29) is 0 Å². The van der Waals surface area contributed by atoms with Gasteiger partial charge in [-0.1, -0.05) is 6.08 Å². The maximum atomic E-state index is 5.13. The van der Waals surface area contributed by atoms with E-state index in [1.54, 1.807) is 18.4 Å². The Bertz CT molecular complexity index is 282. The number of hydroxylamine groups is 1. The minimum Gasteiger partial charge on any atom is -0.276 e. The molecule has 0 radical (unpaired) electrons. The molecule has 11 heavy (non-hydrogen) atoms. The summed E-state index contributed by atoms with van der Waals surface area (Å²) >= 11 is 1.60. The van der Waals surface area contributed by atoms with E-state index in [4.69, 9.17) is 4.84 Å². The molecule has 0 amide bonds. The van der Waals surface area contributed by atoms with Gasteiger partial charge in [0.05, 0.1) is 24.9 Å². The molecule has 1 aliphatic heterocycles. The number of anilines is 1. The molecule has 0 N–H and O–H groups in total. The van der Waals surface area contributed by atoms with Crippen molar-refractivity contribution in [3.63, 3.8) is 0 Å². The summed E-state index contributed by atoms with van der Waals surface area (Å²) < 4.78 is 0. The summed E-state index contributed by atoms with van der Waals surface area (Å²) in [7, 11) is 1.67. The number of hydrogen-bond donors (Lipinski definition) is 0. The molecule has 0 saturated heterocycles. The van der Waals surface area contributed by atoms with Crippen LogP contribution in [0.25, 0.3) is 6.08 Å². The van der Waals surface area contributed by atoms with Gasteiger partial charge in [0.15, 0.2) is 0 Å². The van der Waals surface area contributed by atoms with Crippen LogP contribution in [0.15, 0.2) is 11.6 Å². The minimum absolute atomic E-state index is 0.811. The van der Waals surface area contributed by atoms with E-state index in [1.165, 1.54) is 0 Å². The van der Waals surface area contributed by atoms with Crippen LogP contribution in [-0.4, -0.2) is 18.6 Å². The summed E-state index contributed by atoms with van der Waals surface area (Å²) in [5.41, 5.74) is 2.83. The van der Waals surface area contributed by atoms with Gasteiger partial charge in [-0.05, 0) is 6.08 Å². The van der Waals surface area contributed by atoms with E-state index in [1.807, 2.05) is 22.7 Å². The van der Waals surface area contributed by atoms with E-state index in [0.717, 1.165) is 17.2 Å². The molecule has 0 saturated carbocycles. The van der Waals surface area contributed by atoms with Crippen molar-refractivity contribution in [2.24, 2.45) is 0 Å². The van der Waals surface area contributed by atoms with Crippen molar-refractivity contribution in [1.82, 2.24) is 4.98 Å². The molecule has 0 aliphatic carbocycles.